The van der Waals surface area contributed by atoms with Gasteiger partial charge in [0.1, 0.15) is 5.75 Å². The summed E-state index contributed by atoms with van der Waals surface area (Å²) in [6.45, 7) is 1.02. The van der Waals surface area contributed by atoms with E-state index >= 15 is 0 Å². The fourth-order valence-electron chi connectivity index (χ4n) is 2.78. The molecule has 0 atom stereocenters. The number of rotatable bonds is 4. The van der Waals surface area contributed by atoms with Crippen molar-refractivity contribution >= 4 is 17.3 Å². The van der Waals surface area contributed by atoms with Crippen LogP contribution >= 0.6 is 0 Å². The highest BCUT2D eigenvalue weighted by atomic mass is 16.5. The van der Waals surface area contributed by atoms with Gasteiger partial charge in [0.15, 0.2) is 0 Å². The maximum Gasteiger partial charge on any atom is 0.228 e. The van der Waals surface area contributed by atoms with E-state index in [2.05, 4.69) is 16.7 Å². The van der Waals surface area contributed by atoms with E-state index in [1.807, 2.05) is 36.4 Å². The molecule has 2 aromatic carbocycles. The Hall–Kier alpha value is -2.49. The van der Waals surface area contributed by atoms with Gasteiger partial charge < -0.3 is 15.4 Å². The van der Waals surface area contributed by atoms with Crippen molar-refractivity contribution in [3.05, 3.63) is 53.6 Å². The molecule has 4 heteroatoms. The van der Waals surface area contributed by atoms with Crippen molar-refractivity contribution in [3.8, 4) is 5.75 Å². The minimum atomic E-state index is -0.0341. The van der Waals surface area contributed by atoms with Crippen LogP contribution in [0, 0.1) is 0 Å². The van der Waals surface area contributed by atoms with Crippen LogP contribution in [0.5, 0.6) is 5.75 Å². The smallest absolute Gasteiger partial charge is 0.228 e. The lowest BCUT2D eigenvalue weighted by Gasteiger charge is -2.19. The van der Waals surface area contributed by atoms with Crippen molar-refractivity contribution in [2.24, 2.45) is 0 Å². The highest BCUT2D eigenvalue weighted by Gasteiger charge is 2.11. The van der Waals surface area contributed by atoms with Crippen LogP contribution in [0.3, 0.4) is 0 Å². The number of ether oxygens (including phenoxy) is 1. The quantitative estimate of drug-likeness (QED) is 0.910. The standard InChI is InChI=1S/C18H20N2O2/c1-22-17-7-3-2-5-14(17)12-18(21)20-15-8-9-16-13(11-15)6-4-10-19-16/h2-3,5,7-9,11,19H,4,6,10,12H2,1H3,(H,20,21). The molecule has 1 amide bonds. The predicted molar refractivity (Wildman–Crippen MR) is 88.6 cm³/mol. The Kier molecular flexibility index (Phi) is 4.28. The summed E-state index contributed by atoms with van der Waals surface area (Å²) in [4.78, 5) is 12.2. The van der Waals surface area contributed by atoms with Crippen LogP contribution in [0.4, 0.5) is 11.4 Å². The Labute approximate surface area is 130 Å². The topological polar surface area (TPSA) is 50.4 Å². The average Bonchev–Trinajstić information content (AvgIpc) is 2.55. The Bertz CT molecular complexity index is 683. The van der Waals surface area contributed by atoms with Crippen molar-refractivity contribution in [3.63, 3.8) is 0 Å². The van der Waals surface area contributed by atoms with Crippen molar-refractivity contribution in [2.45, 2.75) is 19.3 Å². The fourth-order valence-corrected chi connectivity index (χ4v) is 2.78. The SMILES string of the molecule is COc1ccccc1CC(=O)Nc1ccc2c(c1)CCCN2. The molecule has 0 bridgehead atoms. The highest BCUT2D eigenvalue weighted by molar-refractivity contribution is 5.93. The number of para-hydroxylation sites is 1. The first-order valence-electron chi connectivity index (χ1n) is 7.55. The molecule has 0 aliphatic carbocycles. The molecule has 114 valence electrons. The van der Waals surface area contributed by atoms with E-state index < -0.39 is 0 Å². The van der Waals surface area contributed by atoms with Crippen molar-refractivity contribution < 1.29 is 9.53 Å². The number of hydrogen-bond donors (Lipinski definition) is 2. The van der Waals surface area contributed by atoms with Gasteiger partial charge in [0.2, 0.25) is 5.91 Å². The molecule has 0 saturated heterocycles. The Morgan fingerprint density at radius 3 is 3.00 bits per heavy atom. The van der Waals surface area contributed by atoms with Gasteiger partial charge in [0, 0.05) is 23.5 Å². The fraction of sp³-hybridized carbons (Fsp3) is 0.278. The first kappa shape index (κ1) is 14.4. The third-order valence-corrected chi connectivity index (χ3v) is 3.87. The van der Waals surface area contributed by atoms with Gasteiger partial charge in [-0.1, -0.05) is 18.2 Å². The predicted octanol–water partition coefficient (Wildman–Crippen LogP) is 3.23. The van der Waals surface area contributed by atoms with E-state index in [-0.39, 0.29) is 5.91 Å². The van der Waals surface area contributed by atoms with Crippen LogP contribution in [0.2, 0.25) is 0 Å². The van der Waals surface area contributed by atoms with Gasteiger partial charge in [0.05, 0.1) is 13.5 Å². The van der Waals surface area contributed by atoms with Crippen LogP contribution in [-0.2, 0) is 17.6 Å². The van der Waals surface area contributed by atoms with Gasteiger partial charge in [-0.05, 0) is 42.7 Å². The second-order valence-corrected chi connectivity index (χ2v) is 5.44. The first-order chi connectivity index (χ1) is 10.8. The molecule has 4 nitrogen and oxygen atoms in total. The monoisotopic (exact) mass is 296 g/mol. The van der Waals surface area contributed by atoms with E-state index in [0.717, 1.165) is 36.4 Å². The van der Waals surface area contributed by atoms with Crippen LogP contribution in [0.25, 0.3) is 0 Å². The second-order valence-electron chi connectivity index (χ2n) is 5.44. The van der Waals surface area contributed by atoms with Gasteiger partial charge in [-0.3, -0.25) is 4.79 Å². The number of benzene rings is 2. The van der Waals surface area contributed by atoms with Crippen molar-refractivity contribution in [2.75, 3.05) is 24.3 Å². The van der Waals surface area contributed by atoms with E-state index in [1.54, 1.807) is 7.11 Å². The summed E-state index contributed by atoms with van der Waals surface area (Å²) in [5, 5.41) is 6.34. The number of fused-ring (bicyclic) bond motifs is 1. The third-order valence-electron chi connectivity index (χ3n) is 3.87. The number of aryl methyl sites for hydroxylation is 1. The molecule has 1 aliphatic rings. The van der Waals surface area contributed by atoms with Crippen LogP contribution in [0.1, 0.15) is 17.5 Å². The highest BCUT2D eigenvalue weighted by Crippen LogP contribution is 2.25. The number of anilines is 2. The number of carbonyl (C=O) groups is 1. The molecule has 1 aliphatic heterocycles. The summed E-state index contributed by atoms with van der Waals surface area (Å²) < 4.78 is 5.28. The zero-order chi connectivity index (χ0) is 15.4. The number of nitrogens with one attached hydrogen (secondary N) is 2. The first-order valence-corrected chi connectivity index (χ1v) is 7.55. The molecule has 0 spiro atoms. The maximum absolute atomic E-state index is 12.2. The maximum atomic E-state index is 12.2. The molecule has 0 unspecified atom stereocenters. The van der Waals surface area contributed by atoms with Crippen LogP contribution in [-0.4, -0.2) is 19.6 Å². The van der Waals surface area contributed by atoms with Crippen LogP contribution in [0.15, 0.2) is 42.5 Å². The molecule has 0 aromatic heterocycles. The Morgan fingerprint density at radius 1 is 1.27 bits per heavy atom. The van der Waals surface area contributed by atoms with Gasteiger partial charge in [-0.15, -0.1) is 0 Å². The molecular formula is C18H20N2O2. The van der Waals surface area contributed by atoms with E-state index in [1.165, 1.54) is 11.3 Å². The average molecular weight is 296 g/mol. The molecule has 1 heterocycles. The molecule has 2 N–H and O–H groups in total. The van der Waals surface area contributed by atoms with E-state index in [0.29, 0.717) is 6.42 Å². The largest absolute Gasteiger partial charge is 0.496 e. The third kappa shape index (κ3) is 3.22. The molecular weight excluding hydrogens is 276 g/mol. The lowest BCUT2D eigenvalue weighted by atomic mass is 10.0. The summed E-state index contributed by atoms with van der Waals surface area (Å²) in [5.74, 6) is 0.709. The Morgan fingerprint density at radius 2 is 2.14 bits per heavy atom. The summed E-state index contributed by atoms with van der Waals surface area (Å²) in [6.07, 6.45) is 2.49. The minimum Gasteiger partial charge on any atom is -0.496 e. The van der Waals surface area contributed by atoms with Gasteiger partial charge in [-0.25, -0.2) is 0 Å². The van der Waals surface area contributed by atoms with E-state index in [4.69, 9.17) is 4.74 Å². The second kappa shape index (κ2) is 6.52. The summed E-state index contributed by atoms with van der Waals surface area (Å²) in [7, 11) is 1.62. The Balaban J connectivity index is 1.69. The molecule has 0 saturated carbocycles. The van der Waals surface area contributed by atoms with Gasteiger partial charge in [0.25, 0.3) is 0 Å². The molecule has 22 heavy (non-hydrogen) atoms. The molecule has 2 aromatic rings. The zero-order valence-electron chi connectivity index (χ0n) is 12.7. The van der Waals surface area contributed by atoms with E-state index in [9.17, 15) is 4.79 Å². The number of carbonyl (C=O) groups excluding carboxylic acids is 1. The molecule has 3 rings (SSSR count). The summed E-state index contributed by atoms with van der Waals surface area (Å²) in [6, 6.07) is 13.6. The van der Waals surface area contributed by atoms with Gasteiger partial charge >= 0.3 is 0 Å². The van der Waals surface area contributed by atoms with Crippen LogP contribution < -0.4 is 15.4 Å². The van der Waals surface area contributed by atoms with Gasteiger partial charge in [-0.2, -0.15) is 0 Å². The summed E-state index contributed by atoms with van der Waals surface area (Å²) >= 11 is 0. The number of methoxy groups -OCH3 is 1. The zero-order valence-corrected chi connectivity index (χ0v) is 12.7. The molecule has 0 radical (unpaired) electrons. The summed E-state index contributed by atoms with van der Waals surface area (Å²) in [5.41, 5.74) is 4.18. The number of hydrogen-bond acceptors (Lipinski definition) is 3. The lowest BCUT2D eigenvalue weighted by molar-refractivity contribution is -0.115. The number of amides is 1. The minimum absolute atomic E-state index is 0.0341. The van der Waals surface area contributed by atoms with Crippen molar-refractivity contribution in [1.29, 1.82) is 0 Å². The normalized spacial score (nSPS) is 13.0. The van der Waals surface area contributed by atoms with Crippen molar-refractivity contribution in [1.82, 2.24) is 0 Å². The molecule has 0 fully saturated rings. The lowest BCUT2D eigenvalue weighted by Crippen LogP contribution is -2.16.